The van der Waals surface area contributed by atoms with Crippen LogP contribution in [0.3, 0.4) is 0 Å². The molecule has 0 unspecified atom stereocenters. The average Bonchev–Trinajstić information content (AvgIpc) is 2.93. The van der Waals surface area contributed by atoms with Gasteiger partial charge in [0.2, 0.25) is 15.9 Å². The number of fused-ring (bicyclic) bond motifs is 1. The molecule has 0 amide bonds. The number of sulfonamides is 1. The molecule has 3 rings (SSSR count). The van der Waals surface area contributed by atoms with Crippen molar-refractivity contribution >= 4 is 32.9 Å². The average molecular weight is 440 g/mol. The Kier molecular flexibility index (Phi) is 5.55. The molecule has 1 aromatic heterocycles. The minimum absolute atomic E-state index is 0.130. The van der Waals surface area contributed by atoms with Crippen LogP contribution in [-0.4, -0.2) is 28.6 Å². The van der Waals surface area contributed by atoms with Crippen LogP contribution in [0.15, 0.2) is 23.8 Å². The van der Waals surface area contributed by atoms with Crippen LogP contribution in [0, 0.1) is 0 Å². The lowest BCUT2D eigenvalue weighted by atomic mass is 9.92. The molecule has 0 aliphatic heterocycles. The molecule has 1 aliphatic carbocycles. The largest absolute Gasteiger partial charge is 0.303 e. The first kappa shape index (κ1) is 22.7. The van der Waals surface area contributed by atoms with E-state index in [9.17, 15) is 17.2 Å². The maximum Gasteiger partial charge on any atom is 0.248 e. The zero-order valence-corrected chi connectivity index (χ0v) is 19.3. The minimum atomic E-state index is -3.55. The monoisotopic (exact) mass is 439 g/mol. The third-order valence-electron chi connectivity index (χ3n) is 5.35. The van der Waals surface area contributed by atoms with E-state index in [0.29, 0.717) is 24.0 Å². The van der Waals surface area contributed by atoms with Crippen molar-refractivity contribution in [3.63, 3.8) is 0 Å². The number of hydrogen-bond donors (Lipinski definition) is 1. The number of benzene rings is 1. The van der Waals surface area contributed by atoms with Crippen LogP contribution >= 0.6 is 0 Å². The van der Waals surface area contributed by atoms with Crippen molar-refractivity contribution in [2.75, 3.05) is 4.72 Å². The van der Waals surface area contributed by atoms with Gasteiger partial charge in [-0.15, -0.1) is 0 Å². The van der Waals surface area contributed by atoms with Crippen LogP contribution in [0.25, 0.3) is 17.2 Å². The number of nitrogens with one attached hydrogen (secondary N) is 1. The van der Waals surface area contributed by atoms with Gasteiger partial charge in [-0.05, 0) is 51.8 Å². The van der Waals surface area contributed by atoms with E-state index < -0.39 is 20.7 Å². The van der Waals surface area contributed by atoms with Gasteiger partial charge in [-0.25, -0.2) is 22.2 Å². The highest BCUT2D eigenvalue weighted by Crippen LogP contribution is 2.37. The van der Waals surface area contributed by atoms with Crippen molar-refractivity contribution < 1.29 is 17.2 Å². The van der Waals surface area contributed by atoms with Crippen molar-refractivity contribution in [3.8, 4) is 0 Å². The first-order valence-electron chi connectivity index (χ1n) is 10.2. The molecule has 0 bridgehead atoms. The van der Waals surface area contributed by atoms with E-state index in [1.165, 1.54) is 0 Å². The molecule has 1 aliphatic rings. The number of hydrogen-bond acceptors (Lipinski definition) is 3. The van der Waals surface area contributed by atoms with Crippen LogP contribution in [-0.2, 0) is 15.4 Å². The Labute approximate surface area is 177 Å². The van der Waals surface area contributed by atoms with E-state index in [1.807, 2.05) is 37.6 Å². The van der Waals surface area contributed by atoms with Crippen LogP contribution < -0.4 is 4.72 Å². The normalized spacial score (nSPS) is 17.9. The quantitative estimate of drug-likeness (QED) is 0.645. The summed E-state index contributed by atoms with van der Waals surface area (Å²) < 4.78 is 55.7. The molecule has 2 aromatic rings. The van der Waals surface area contributed by atoms with Gasteiger partial charge in [0.15, 0.2) is 0 Å². The fourth-order valence-electron chi connectivity index (χ4n) is 3.38. The predicted molar refractivity (Wildman–Crippen MR) is 118 cm³/mol. The summed E-state index contributed by atoms with van der Waals surface area (Å²) in [6.07, 6.45) is 2.40. The summed E-state index contributed by atoms with van der Waals surface area (Å²) >= 11 is 0. The maximum atomic E-state index is 13.5. The lowest BCUT2D eigenvalue weighted by Gasteiger charge is -2.24. The molecule has 8 heteroatoms. The standard InChI is InChI=1S/C22H31F2N3O2S/c1-20(2,3)19-25-17-13-16(26-30(28,29)21(4,5)6)7-8-18(17)27(19)14-15-9-11-22(23,24)12-10-15/h7-8,13-14,26H,9-12H2,1-6H3. The molecule has 1 fully saturated rings. The van der Waals surface area contributed by atoms with Crippen molar-refractivity contribution in [2.45, 2.75) is 83.3 Å². The van der Waals surface area contributed by atoms with Gasteiger partial charge in [-0.3, -0.25) is 4.72 Å². The summed E-state index contributed by atoms with van der Waals surface area (Å²) in [5.41, 5.74) is 2.63. The summed E-state index contributed by atoms with van der Waals surface area (Å²) in [6, 6.07) is 5.26. The molecule has 1 heterocycles. The third kappa shape index (κ3) is 4.68. The number of aromatic nitrogens is 2. The molecule has 0 radical (unpaired) electrons. The first-order valence-corrected chi connectivity index (χ1v) is 11.7. The summed E-state index contributed by atoms with van der Waals surface area (Å²) in [5.74, 6) is -1.78. The zero-order valence-electron chi connectivity index (χ0n) is 18.5. The van der Waals surface area contributed by atoms with Gasteiger partial charge in [0, 0.05) is 24.5 Å². The minimum Gasteiger partial charge on any atom is -0.303 e. The summed E-state index contributed by atoms with van der Waals surface area (Å²) in [4.78, 5) is 4.77. The lowest BCUT2D eigenvalue weighted by molar-refractivity contribution is -0.0244. The van der Waals surface area contributed by atoms with Gasteiger partial charge in [0.25, 0.3) is 0 Å². The van der Waals surface area contributed by atoms with E-state index >= 15 is 0 Å². The molecule has 1 saturated carbocycles. The number of imidazole rings is 1. The number of allylic oxidation sites excluding steroid dienone is 1. The van der Waals surface area contributed by atoms with Crippen molar-refractivity contribution in [1.82, 2.24) is 9.55 Å². The lowest BCUT2D eigenvalue weighted by Crippen LogP contribution is -2.33. The summed E-state index contributed by atoms with van der Waals surface area (Å²) in [5, 5.41) is 0. The van der Waals surface area contributed by atoms with Crippen LogP contribution in [0.4, 0.5) is 14.5 Å². The molecule has 5 nitrogen and oxygen atoms in total. The second kappa shape index (κ2) is 7.32. The van der Waals surface area contributed by atoms with Gasteiger partial charge < -0.3 is 4.57 Å². The van der Waals surface area contributed by atoms with E-state index in [1.54, 1.807) is 32.9 Å². The Bertz CT molecular complexity index is 1080. The molecule has 0 spiro atoms. The zero-order chi connectivity index (χ0) is 22.5. The molecule has 1 N–H and O–H groups in total. The second-order valence-electron chi connectivity index (χ2n) is 10.1. The van der Waals surface area contributed by atoms with Gasteiger partial charge in [-0.2, -0.15) is 0 Å². The third-order valence-corrected chi connectivity index (χ3v) is 7.47. The van der Waals surface area contributed by atoms with E-state index in [-0.39, 0.29) is 18.3 Å². The van der Waals surface area contributed by atoms with Crippen LogP contribution in [0.1, 0.15) is 73.1 Å². The maximum absolute atomic E-state index is 13.5. The Morgan fingerprint density at radius 3 is 2.23 bits per heavy atom. The van der Waals surface area contributed by atoms with Gasteiger partial charge in [0.1, 0.15) is 5.82 Å². The number of alkyl halides is 2. The summed E-state index contributed by atoms with van der Waals surface area (Å²) in [6.45, 7) is 11.0. The fourth-order valence-corrected chi connectivity index (χ4v) is 4.12. The Hall–Kier alpha value is -1.96. The van der Waals surface area contributed by atoms with Crippen molar-refractivity contribution in [2.24, 2.45) is 0 Å². The van der Waals surface area contributed by atoms with Crippen LogP contribution in [0.2, 0.25) is 0 Å². The molecule has 0 saturated heterocycles. The highest BCUT2D eigenvalue weighted by Gasteiger charge is 2.33. The Morgan fingerprint density at radius 2 is 1.70 bits per heavy atom. The van der Waals surface area contributed by atoms with Crippen LogP contribution in [0.5, 0.6) is 0 Å². The van der Waals surface area contributed by atoms with Crippen molar-refractivity contribution in [3.05, 3.63) is 29.6 Å². The topological polar surface area (TPSA) is 64.0 Å². The van der Waals surface area contributed by atoms with E-state index in [0.717, 1.165) is 16.9 Å². The molecule has 30 heavy (non-hydrogen) atoms. The Morgan fingerprint density at radius 1 is 1.10 bits per heavy atom. The summed E-state index contributed by atoms with van der Waals surface area (Å²) in [7, 11) is -3.55. The number of rotatable bonds is 3. The highest BCUT2D eigenvalue weighted by molar-refractivity contribution is 7.94. The predicted octanol–water partition coefficient (Wildman–Crippen LogP) is 5.92. The van der Waals surface area contributed by atoms with Gasteiger partial charge in [0.05, 0.1) is 21.5 Å². The molecule has 0 atom stereocenters. The van der Waals surface area contributed by atoms with Gasteiger partial charge >= 0.3 is 0 Å². The number of nitrogens with zero attached hydrogens (tertiary/aromatic N) is 2. The van der Waals surface area contributed by atoms with E-state index in [4.69, 9.17) is 4.98 Å². The molecular weight excluding hydrogens is 408 g/mol. The number of halogens is 2. The Balaban J connectivity index is 2.05. The van der Waals surface area contributed by atoms with Gasteiger partial charge in [-0.1, -0.05) is 26.3 Å². The smallest absolute Gasteiger partial charge is 0.248 e. The SMILES string of the molecule is CC(C)(C)c1nc2cc(NS(=O)(=O)C(C)(C)C)ccc2n1C=C1CCC(F)(F)CC1. The molecule has 166 valence electrons. The fraction of sp³-hybridized carbons (Fsp3) is 0.591. The second-order valence-corrected chi connectivity index (χ2v) is 12.6. The molecular formula is C22H31F2N3O2S. The number of anilines is 1. The highest BCUT2D eigenvalue weighted by atomic mass is 32.2. The van der Waals surface area contributed by atoms with E-state index in [2.05, 4.69) is 4.72 Å². The molecule has 1 aromatic carbocycles. The first-order chi connectivity index (χ1) is 13.6. The van der Waals surface area contributed by atoms with Crippen molar-refractivity contribution in [1.29, 1.82) is 0 Å².